The predicted octanol–water partition coefficient (Wildman–Crippen LogP) is 8.20. The molecule has 4 aliphatic rings. The number of piperazine rings is 1. The van der Waals surface area contributed by atoms with E-state index in [0.717, 1.165) is 118 Å². The number of thiazole rings is 1. The van der Waals surface area contributed by atoms with Crippen LogP contribution < -0.4 is 26.0 Å². The normalized spacial score (nSPS) is 17.8. The second kappa shape index (κ2) is 26.4. The van der Waals surface area contributed by atoms with Crippen LogP contribution in [0.15, 0.2) is 72.6 Å². The summed E-state index contributed by atoms with van der Waals surface area (Å²) in [7, 11) is 1.74. The highest BCUT2D eigenvalue weighted by molar-refractivity contribution is 7.10. The van der Waals surface area contributed by atoms with Gasteiger partial charge in [0.25, 0.3) is 5.91 Å². The number of H-pyrrole nitrogens is 1. The quantitative estimate of drug-likeness (QED) is 0.0270. The topological polar surface area (TPSA) is 224 Å². The van der Waals surface area contributed by atoms with Gasteiger partial charge in [-0.15, -0.1) is 11.3 Å². The Morgan fingerprint density at radius 3 is 2.42 bits per heavy atom. The van der Waals surface area contributed by atoms with E-state index >= 15 is 4.39 Å². The number of hydrogen-bond acceptors (Lipinski definition) is 14. The summed E-state index contributed by atoms with van der Waals surface area (Å²) in [6.45, 7) is 5.73. The minimum absolute atomic E-state index is 0.0392. The molecule has 0 spiro atoms. The lowest BCUT2D eigenvalue weighted by Gasteiger charge is -2.35. The number of likely N-dealkylation sites (N-methyl/N-ethyl adjacent to an activating group) is 1. The smallest absolute Gasteiger partial charge is 0.254 e. The lowest BCUT2D eigenvalue weighted by molar-refractivity contribution is -0.139. The summed E-state index contributed by atoms with van der Waals surface area (Å²) in [5.74, 6) is 0.221. The van der Waals surface area contributed by atoms with E-state index in [1.54, 1.807) is 67.1 Å². The average molecular weight is 1110 g/mol. The van der Waals surface area contributed by atoms with E-state index in [1.807, 2.05) is 32.5 Å². The molecule has 0 bridgehead atoms. The SMILES string of the molecule is CN[C@@H](C)C(=O)N[C@H](C(=O)N1CCC[C@H]1c1nc(C(=O)c2cccc(OCCCCCCCCNC(=O)CN3CCN(C(=O)c4ccc(Nc5nc(C6CC6)cn6c(-c7cn[nH]c7)cnc56)c(F)c4)CC3)c2)cs1)C1CCCCC1. The van der Waals surface area contributed by atoms with Crippen molar-refractivity contribution in [3.8, 4) is 17.0 Å². The maximum Gasteiger partial charge on any atom is 0.254 e. The van der Waals surface area contributed by atoms with Crippen LogP contribution in [0, 0.1) is 11.7 Å². The molecule has 2 saturated carbocycles. The number of ether oxygens (including phenoxy) is 1. The van der Waals surface area contributed by atoms with Crippen LogP contribution in [0.3, 0.4) is 0 Å². The van der Waals surface area contributed by atoms with Crippen molar-refractivity contribution in [1.82, 2.24) is 60.2 Å². The Morgan fingerprint density at radius 2 is 1.66 bits per heavy atom. The molecule has 4 amide bonds. The van der Waals surface area contributed by atoms with Gasteiger partial charge < -0.3 is 35.8 Å². The fraction of sp³-hybridized carbons (Fsp3) is 0.508. The summed E-state index contributed by atoms with van der Waals surface area (Å²) in [6, 6.07) is 10.4. The van der Waals surface area contributed by atoms with Crippen molar-refractivity contribution in [2.24, 2.45) is 5.92 Å². The molecule has 0 unspecified atom stereocenters. The standard InChI is InChI=1S/C59H74FN13O6S/c1-38(61-2)56(76)69-52(40-14-8-7-9-15-40)59(78)72-24-13-18-49(72)57-68-48(37-80-57)53(75)41-16-12-17-44(30-41)79-29-11-6-4-3-5-10-23-62-51(74)36-70-25-27-71(28-26-70)58(77)42-21-22-46(45(60)31-42)66-54-55-63-34-50(43-32-64-65-33-43)73(55)35-47(67-54)39-19-20-39/h12,16-17,21-22,30-35,37-40,49,52,61H,3-11,13-15,18-20,23-29,36H2,1-2H3,(H,62,74)(H,64,65)(H,66,67)(H,69,76)/t38-,49-,52-/m0/s1. The van der Waals surface area contributed by atoms with E-state index in [4.69, 9.17) is 14.7 Å². The number of likely N-dealkylation sites (tertiary alicyclic amines) is 1. The second-order valence-corrected chi connectivity index (χ2v) is 22.7. The zero-order valence-corrected chi connectivity index (χ0v) is 46.7. The van der Waals surface area contributed by atoms with Crippen LogP contribution in [0.25, 0.3) is 16.9 Å². The first-order chi connectivity index (χ1) is 39.0. The molecule has 19 nitrogen and oxygen atoms in total. The summed E-state index contributed by atoms with van der Waals surface area (Å²) >= 11 is 1.40. The van der Waals surface area contributed by atoms with Gasteiger partial charge in [-0.3, -0.25) is 38.4 Å². The number of imidazole rings is 1. The number of halogens is 1. The van der Waals surface area contributed by atoms with Crippen LogP contribution in [-0.4, -0.2) is 145 Å². The number of nitrogens with one attached hydrogen (secondary N) is 5. The number of anilines is 2. The van der Waals surface area contributed by atoms with Gasteiger partial charge in [0.05, 0.1) is 54.7 Å². The number of fused-ring (bicyclic) bond motifs is 1. The Labute approximate surface area is 470 Å². The zero-order chi connectivity index (χ0) is 55.5. The van der Waals surface area contributed by atoms with Gasteiger partial charge in [0, 0.05) is 79.7 Å². The number of aromatic nitrogens is 6. The number of carbonyl (C=O) groups excluding carboxylic acids is 5. The first kappa shape index (κ1) is 56.2. The predicted molar refractivity (Wildman–Crippen MR) is 303 cm³/mol. The number of nitrogens with zero attached hydrogens (tertiary/aromatic N) is 8. The minimum Gasteiger partial charge on any atom is -0.494 e. The van der Waals surface area contributed by atoms with Gasteiger partial charge in [-0.05, 0) is 102 Å². The van der Waals surface area contributed by atoms with Gasteiger partial charge in [0.1, 0.15) is 28.3 Å². The molecular weight excluding hydrogens is 1040 g/mol. The lowest BCUT2D eigenvalue weighted by Crippen LogP contribution is -2.55. The van der Waals surface area contributed by atoms with Gasteiger partial charge in [0.2, 0.25) is 23.5 Å². The molecule has 0 radical (unpaired) electrons. The van der Waals surface area contributed by atoms with Gasteiger partial charge in [-0.25, -0.2) is 19.3 Å². The fourth-order valence-electron chi connectivity index (χ4n) is 11.2. The van der Waals surface area contributed by atoms with E-state index in [1.165, 1.54) is 17.4 Å². The Kier molecular flexibility index (Phi) is 18.6. The first-order valence-corrected chi connectivity index (χ1v) is 29.6. The van der Waals surface area contributed by atoms with Crippen LogP contribution in [0.1, 0.15) is 152 Å². The summed E-state index contributed by atoms with van der Waals surface area (Å²) in [5.41, 5.74) is 4.47. The number of carbonyl (C=O) groups is 5. The number of rotatable bonds is 25. The van der Waals surface area contributed by atoms with Gasteiger partial charge in [-0.1, -0.05) is 57.1 Å². The van der Waals surface area contributed by atoms with Crippen molar-refractivity contribution < 1.29 is 33.1 Å². The molecule has 2 aliphatic heterocycles. The molecule has 4 aromatic heterocycles. The van der Waals surface area contributed by atoms with Crippen molar-refractivity contribution in [3.63, 3.8) is 0 Å². The molecule has 424 valence electrons. The van der Waals surface area contributed by atoms with E-state index < -0.39 is 17.9 Å². The molecule has 80 heavy (non-hydrogen) atoms. The highest BCUT2D eigenvalue weighted by Gasteiger charge is 2.40. The Balaban J connectivity index is 0.594. The van der Waals surface area contributed by atoms with Crippen molar-refractivity contribution in [3.05, 3.63) is 106 Å². The third-order valence-corrected chi connectivity index (χ3v) is 17.1. The first-order valence-electron chi connectivity index (χ1n) is 28.7. The van der Waals surface area contributed by atoms with Crippen molar-refractivity contribution >= 4 is 57.9 Å². The number of unbranched alkanes of at least 4 members (excludes halogenated alkanes) is 5. The van der Waals surface area contributed by atoms with Gasteiger partial charge in [-0.2, -0.15) is 5.10 Å². The number of aromatic amines is 1. The van der Waals surface area contributed by atoms with E-state index in [0.29, 0.717) is 80.3 Å². The van der Waals surface area contributed by atoms with E-state index in [9.17, 15) is 24.0 Å². The van der Waals surface area contributed by atoms with Crippen LogP contribution in [0.4, 0.5) is 15.9 Å². The van der Waals surface area contributed by atoms with Gasteiger partial charge >= 0.3 is 0 Å². The summed E-state index contributed by atoms with van der Waals surface area (Å²) < 4.78 is 23.7. The van der Waals surface area contributed by atoms with Gasteiger partial charge in [0.15, 0.2) is 11.5 Å². The fourth-order valence-corrected chi connectivity index (χ4v) is 12.1. The van der Waals surface area contributed by atoms with Crippen molar-refractivity contribution in [2.45, 2.75) is 127 Å². The number of hydrogen-bond donors (Lipinski definition) is 5. The number of amides is 4. The zero-order valence-electron chi connectivity index (χ0n) is 45.9. The molecule has 3 atom stereocenters. The third kappa shape index (κ3) is 13.7. The van der Waals surface area contributed by atoms with Crippen LogP contribution in [0.5, 0.6) is 5.75 Å². The highest BCUT2D eigenvalue weighted by Crippen LogP contribution is 2.41. The minimum atomic E-state index is -0.580. The molecule has 2 aliphatic carbocycles. The van der Waals surface area contributed by atoms with Crippen LogP contribution in [0.2, 0.25) is 0 Å². The lowest BCUT2D eigenvalue weighted by atomic mass is 9.83. The molecule has 5 N–H and O–H groups in total. The summed E-state index contributed by atoms with van der Waals surface area (Å²) in [5, 5.41) is 21.7. The summed E-state index contributed by atoms with van der Waals surface area (Å²) in [6.07, 6.45) is 21.9. The molecule has 10 rings (SSSR count). The Hall–Kier alpha value is -7.10. The average Bonchev–Trinajstić information content (AvgIpc) is 3.92. The van der Waals surface area contributed by atoms with Crippen LogP contribution in [-0.2, 0) is 14.4 Å². The largest absolute Gasteiger partial charge is 0.494 e. The van der Waals surface area contributed by atoms with E-state index in [-0.39, 0.29) is 59.2 Å². The molecule has 6 heterocycles. The molecule has 2 saturated heterocycles. The molecule has 6 aromatic rings. The Bertz CT molecular complexity index is 3110. The molecular formula is C59H74FN13O6S. The van der Waals surface area contributed by atoms with Crippen molar-refractivity contribution in [1.29, 1.82) is 0 Å². The monoisotopic (exact) mass is 1110 g/mol. The summed E-state index contributed by atoms with van der Waals surface area (Å²) in [4.78, 5) is 87.1. The number of ketones is 1. The van der Waals surface area contributed by atoms with E-state index in [2.05, 4.69) is 36.4 Å². The maximum atomic E-state index is 15.7. The number of benzene rings is 2. The molecule has 4 fully saturated rings. The van der Waals surface area contributed by atoms with Crippen molar-refractivity contribution in [2.75, 3.05) is 64.8 Å². The second-order valence-electron chi connectivity index (χ2n) is 21.8. The highest BCUT2D eigenvalue weighted by atomic mass is 32.1. The van der Waals surface area contributed by atoms with Crippen LogP contribution >= 0.6 is 11.3 Å². The Morgan fingerprint density at radius 1 is 0.863 bits per heavy atom. The maximum absolute atomic E-state index is 15.7. The molecule has 2 aromatic carbocycles. The molecule has 21 heteroatoms. The third-order valence-electron chi connectivity index (χ3n) is 16.1.